The van der Waals surface area contributed by atoms with Crippen LogP contribution in [-0.2, 0) is 0 Å². The van der Waals surface area contributed by atoms with E-state index in [1.165, 1.54) is 99.2 Å². The van der Waals surface area contributed by atoms with E-state index >= 15 is 0 Å². The van der Waals surface area contributed by atoms with Crippen LogP contribution in [0.3, 0.4) is 0 Å². The molecule has 0 radical (unpaired) electrons. The summed E-state index contributed by atoms with van der Waals surface area (Å²) in [4.78, 5) is 5.17. The summed E-state index contributed by atoms with van der Waals surface area (Å²) in [5.41, 5.74) is 20.1. The molecule has 0 atom stereocenters. The van der Waals surface area contributed by atoms with Gasteiger partial charge in [0.05, 0.1) is 33.3 Å². The minimum atomic E-state index is 0.995. The smallest absolute Gasteiger partial charge is 0.0722 e. The van der Waals surface area contributed by atoms with E-state index in [9.17, 15) is 0 Å². The third kappa shape index (κ3) is 4.87. The molecule has 0 saturated carbocycles. The Labute approximate surface area is 346 Å². The van der Waals surface area contributed by atoms with Gasteiger partial charge in [-0.1, -0.05) is 140 Å². The van der Waals surface area contributed by atoms with Gasteiger partial charge in [0.1, 0.15) is 0 Å². The van der Waals surface area contributed by atoms with E-state index in [1.54, 1.807) is 0 Å². The Kier molecular flexibility index (Phi) is 7.01. The molecule has 0 spiro atoms. The first-order valence-corrected chi connectivity index (χ1v) is 20.6. The van der Waals surface area contributed by atoms with Crippen molar-refractivity contribution in [1.29, 1.82) is 0 Å². The molecule has 12 aromatic rings. The van der Waals surface area contributed by atoms with Crippen LogP contribution in [0.15, 0.2) is 212 Å². The van der Waals surface area contributed by atoms with Crippen molar-refractivity contribution >= 4 is 54.5 Å². The van der Waals surface area contributed by atoms with E-state index in [0.717, 1.165) is 22.5 Å². The van der Waals surface area contributed by atoms with Crippen molar-refractivity contribution in [3.05, 3.63) is 212 Å². The minimum Gasteiger partial charge on any atom is -0.309 e. The van der Waals surface area contributed by atoms with E-state index in [1.807, 2.05) is 0 Å². The summed E-state index contributed by atoms with van der Waals surface area (Å²) in [6, 6.07) is 77.3. The minimum absolute atomic E-state index is 0.995. The molecule has 3 heteroatoms. The van der Waals surface area contributed by atoms with Crippen LogP contribution in [0.4, 0.5) is 0 Å². The van der Waals surface area contributed by atoms with E-state index < -0.39 is 0 Å². The quantitative estimate of drug-likeness (QED) is 0.171. The number of fused-ring (bicyclic) bond motifs is 9. The largest absolute Gasteiger partial charge is 0.309 e. The van der Waals surface area contributed by atoms with Crippen molar-refractivity contribution < 1.29 is 0 Å². The van der Waals surface area contributed by atoms with Gasteiger partial charge in [-0.15, -0.1) is 0 Å². The lowest BCUT2D eigenvalue weighted by atomic mass is 9.98. The van der Waals surface area contributed by atoms with E-state index in [0.29, 0.717) is 0 Å². The van der Waals surface area contributed by atoms with Crippen LogP contribution in [-0.4, -0.2) is 14.1 Å². The van der Waals surface area contributed by atoms with Gasteiger partial charge in [0, 0.05) is 43.9 Å². The normalized spacial score (nSPS) is 12.0. The fourth-order valence-electron chi connectivity index (χ4n) is 9.90. The van der Waals surface area contributed by atoms with Gasteiger partial charge in [0.25, 0.3) is 0 Å². The molecule has 3 aromatic heterocycles. The molecular weight excluding hydrogens is 727 g/mol. The second kappa shape index (κ2) is 12.7. The second-order valence-corrected chi connectivity index (χ2v) is 15.9. The van der Waals surface area contributed by atoms with Gasteiger partial charge in [-0.25, -0.2) is 4.98 Å². The molecular formula is C57H35N3. The topological polar surface area (TPSA) is 22.8 Å². The summed E-state index contributed by atoms with van der Waals surface area (Å²) in [5, 5.41) is 6.23. The summed E-state index contributed by atoms with van der Waals surface area (Å²) < 4.78 is 4.79. The van der Waals surface area contributed by atoms with Crippen LogP contribution >= 0.6 is 0 Å². The average molecular weight is 762 g/mol. The lowest BCUT2D eigenvalue weighted by Gasteiger charge is -2.10. The highest BCUT2D eigenvalue weighted by Crippen LogP contribution is 2.48. The van der Waals surface area contributed by atoms with Crippen molar-refractivity contribution in [3.63, 3.8) is 0 Å². The number of nitrogens with zero attached hydrogens (tertiary/aromatic N) is 3. The maximum absolute atomic E-state index is 5.17. The molecule has 1 aliphatic rings. The third-order valence-corrected chi connectivity index (χ3v) is 12.7. The summed E-state index contributed by atoms with van der Waals surface area (Å²) in [6.45, 7) is 0. The maximum Gasteiger partial charge on any atom is 0.0722 e. The molecule has 278 valence electrons. The van der Waals surface area contributed by atoms with Crippen molar-refractivity contribution in [1.82, 2.24) is 14.1 Å². The summed E-state index contributed by atoms with van der Waals surface area (Å²) in [5.74, 6) is 0. The molecule has 0 bridgehead atoms. The van der Waals surface area contributed by atoms with Crippen molar-refractivity contribution in [3.8, 4) is 67.1 Å². The predicted molar refractivity (Wildman–Crippen MR) is 251 cm³/mol. The van der Waals surface area contributed by atoms with Crippen molar-refractivity contribution in [2.45, 2.75) is 0 Å². The summed E-state index contributed by atoms with van der Waals surface area (Å²) >= 11 is 0. The highest BCUT2D eigenvalue weighted by molar-refractivity contribution is 6.16. The first kappa shape index (κ1) is 33.0. The van der Waals surface area contributed by atoms with Crippen molar-refractivity contribution in [2.75, 3.05) is 0 Å². The number of hydrogen-bond donors (Lipinski definition) is 0. The Morgan fingerprint density at radius 2 is 0.783 bits per heavy atom. The first-order chi connectivity index (χ1) is 29.7. The molecule has 60 heavy (non-hydrogen) atoms. The zero-order valence-corrected chi connectivity index (χ0v) is 32.5. The van der Waals surface area contributed by atoms with Crippen LogP contribution < -0.4 is 0 Å². The average Bonchev–Trinajstić information content (AvgIpc) is 3.95. The zero-order chi connectivity index (χ0) is 39.3. The van der Waals surface area contributed by atoms with Gasteiger partial charge in [-0.2, -0.15) is 0 Å². The first-order valence-electron chi connectivity index (χ1n) is 20.6. The van der Waals surface area contributed by atoms with E-state index in [-0.39, 0.29) is 0 Å². The Hall–Kier alpha value is -8.01. The van der Waals surface area contributed by atoms with E-state index in [4.69, 9.17) is 4.98 Å². The van der Waals surface area contributed by atoms with Gasteiger partial charge < -0.3 is 9.13 Å². The van der Waals surface area contributed by atoms with Gasteiger partial charge in [-0.3, -0.25) is 0 Å². The number of pyridine rings is 1. The Morgan fingerprint density at radius 1 is 0.283 bits per heavy atom. The molecule has 0 fully saturated rings. The second-order valence-electron chi connectivity index (χ2n) is 15.9. The number of benzene rings is 9. The molecule has 0 aliphatic heterocycles. The van der Waals surface area contributed by atoms with Crippen LogP contribution in [0.2, 0.25) is 0 Å². The molecule has 0 amide bonds. The summed E-state index contributed by atoms with van der Waals surface area (Å²) in [6.07, 6.45) is 0. The highest BCUT2D eigenvalue weighted by Gasteiger charge is 2.23. The molecule has 3 heterocycles. The molecule has 0 N–H and O–H groups in total. The number of rotatable bonds is 5. The Balaban J connectivity index is 0.919. The fraction of sp³-hybridized carbons (Fsp3) is 0. The molecule has 13 rings (SSSR count). The molecule has 0 unspecified atom stereocenters. The molecule has 1 aliphatic carbocycles. The number of para-hydroxylation sites is 3. The standard InChI is InChI=1S/C57H35N3/c1-3-12-41(13-4-1)59-53-21-10-9-18-45(53)48-32-38(27-30-54(48)59)39-28-31-55-49(33-39)46-29-26-40(34-56(46)60(55)42-14-5-2-6-15-42)36-22-24-37(25-23-36)52-35-50-44-17-8-7-16-43(44)47-19-11-20-51(58-52)57(47)50/h1-35H. The SMILES string of the molecule is c1ccc(-n2c3ccccc3c3cc(-c4ccc5c(c4)c4ccc(-c6ccc(-c7cc8c9c(cccc9n7)-c7ccccc7-8)cc6)cc4n5-c4ccccc4)ccc32)cc1. The predicted octanol–water partition coefficient (Wildman–Crippen LogP) is 15.1. The number of aromatic nitrogens is 3. The lowest BCUT2D eigenvalue weighted by Crippen LogP contribution is -1.93. The van der Waals surface area contributed by atoms with Crippen molar-refractivity contribution in [2.24, 2.45) is 0 Å². The molecule has 0 saturated heterocycles. The molecule has 3 nitrogen and oxygen atoms in total. The van der Waals surface area contributed by atoms with Crippen LogP contribution in [0.1, 0.15) is 0 Å². The highest BCUT2D eigenvalue weighted by atomic mass is 15.0. The lowest BCUT2D eigenvalue weighted by molar-refractivity contribution is 1.18. The number of hydrogen-bond acceptors (Lipinski definition) is 1. The van der Waals surface area contributed by atoms with E-state index in [2.05, 4.69) is 221 Å². The van der Waals surface area contributed by atoms with Crippen LogP contribution in [0.25, 0.3) is 122 Å². The van der Waals surface area contributed by atoms with Gasteiger partial charge in [0.2, 0.25) is 0 Å². The monoisotopic (exact) mass is 761 g/mol. The summed E-state index contributed by atoms with van der Waals surface area (Å²) in [7, 11) is 0. The molecule has 9 aromatic carbocycles. The fourth-order valence-corrected chi connectivity index (χ4v) is 9.90. The van der Waals surface area contributed by atoms with Gasteiger partial charge in [-0.05, 0) is 117 Å². The van der Waals surface area contributed by atoms with Gasteiger partial charge >= 0.3 is 0 Å². The zero-order valence-electron chi connectivity index (χ0n) is 32.5. The van der Waals surface area contributed by atoms with Gasteiger partial charge in [0.15, 0.2) is 0 Å². The third-order valence-electron chi connectivity index (χ3n) is 12.7. The van der Waals surface area contributed by atoms with Crippen LogP contribution in [0, 0.1) is 0 Å². The Bertz CT molecular complexity index is 3690. The Morgan fingerprint density at radius 3 is 1.48 bits per heavy atom. The maximum atomic E-state index is 5.17. The van der Waals surface area contributed by atoms with Crippen LogP contribution in [0.5, 0.6) is 0 Å².